The molecule has 2 heterocycles. The van der Waals surface area contributed by atoms with Gasteiger partial charge < -0.3 is 4.74 Å². The fourth-order valence-electron chi connectivity index (χ4n) is 1.42. The van der Waals surface area contributed by atoms with Gasteiger partial charge in [-0.2, -0.15) is 0 Å². The maximum absolute atomic E-state index is 10.5. The molecule has 1 aliphatic rings. The van der Waals surface area contributed by atoms with Crippen molar-refractivity contribution in [1.29, 1.82) is 0 Å². The summed E-state index contributed by atoms with van der Waals surface area (Å²) in [4.78, 5) is 12.7. The van der Waals surface area contributed by atoms with Gasteiger partial charge in [-0.3, -0.25) is 4.79 Å². The minimum absolute atomic E-state index is 0.794. The summed E-state index contributed by atoms with van der Waals surface area (Å²) in [6.45, 7) is 1.59. The molecule has 64 valence electrons. The van der Waals surface area contributed by atoms with E-state index in [1.807, 2.05) is 6.07 Å². The van der Waals surface area contributed by atoms with Crippen molar-refractivity contribution in [3.8, 4) is 0 Å². The number of ether oxygens (including phenoxy) is 1. The molecular formula is C9H10O2S. The Hall–Kier alpha value is -0.670. The molecule has 0 amide bonds. The number of rotatable bonds is 1. The molecule has 2 rings (SSSR count). The lowest BCUT2D eigenvalue weighted by atomic mass is 10.2. The highest BCUT2D eigenvalue weighted by molar-refractivity contribution is 7.13. The van der Waals surface area contributed by atoms with Gasteiger partial charge in [-0.1, -0.05) is 0 Å². The molecule has 12 heavy (non-hydrogen) atoms. The lowest BCUT2D eigenvalue weighted by Gasteiger charge is -1.93. The predicted molar refractivity (Wildman–Crippen MR) is 47.9 cm³/mol. The van der Waals surface area contributed by atoms with Gasteiger partial charge in [0, 0.05) is 11.3 Å². The van der Waals surface area contributed by atoms with E-state index in [0.29, 0.717) is 0 Å². The number of thiophene rings is 1. The monoisotopic (exact) mass is 182 g/mol. The molecule has 0 saturated carbocycles. The van der Waals surface area contributed by atoms with Crippen molar-refractivity contribution in [3.63, 3.8) is 0 Å². The van der Waals surface area contributed by atoms with Crippen LogP contribution < -0.4 is 0 Å². The average molecular weight is 182 g/mol. The molecule has 0 spiro atoms. The topological polar surface area (TPSA) is 26.3 Å². The maximum Gasteiger partial charge on any atom is 0.160 e. The van der Waals surface area contributed by atoms with Crippen molar-refractivity contribution in [2.75, 3.05) is 13.2 Å². The maximum atomic E-state index is 10.5. The van der Waals surface area contributed by atoms with Crippen LogP contribution in [0, 0.1) is 0 Å². The van der Waals surface area contributed by atoms with Gasteiger partial charge >= 0.3 is 0 Å². The molecule has 0 N–H and O–H groups in total. The molecule has 3 heteroatoms. The summed E-state index contributed by atoms with van der Waals surface area (Å²) in [6.07, 6.45) is 2.85. The minimum atomic E-state index is 0.794. The summed E-state index contributed by atoms with van der Waals surface area (Å²) >= 11 is 1.60. The van der Waals surface area contributed by atoms with Crippen molar-refractivity contribution in [3.05, 3.63) is 21.4 Å². The molecular weight excluding hydrogens is 172 g/mol. The zero-order valence-corrected chi connectivity index (χ0v) is 7.52. The van der Waals surface area contributed by atoms with E-state index < -0.39 is 0 Å². The van der Waals surface area contributed by atoms with Gasteiger partial charge in [0.1, 0.15) is 0 Å². The smallest absolute Gasteiger partial charge is 0.160 e. The molecule has 0 atom stereocenters. The second-order valence-electron chi connectivity index (χ2n) is 2.83. The fourth-order valence-corrected chi connectivity index (χ4v) is 2.43. The molecule has 0 aromatic carbocycles. The first-order chi connectivity index (χ1) is 5.90. The zero-order valence-electron chi connectivity index (χ0n) is 6.71. The van der Waals surface area contributed by atoms with Crippen LogP contribution in [-0.4, -0.2) is 19.5 Å². The Balaban J connectivity index is 2.32. The summed E-state index contributed by atoms with van der Waals surface area (Å²) in [6, 6.07) is 1.99. The van der Waals surface area contributed by atoms with Crippen LogP contribution in [-0.2, 0) is 17.6 Å². The zero-order chi connectivity index (χ0) is 8.39. The van der Waals surface area contributed by atoms with Crippen LogP contribution in [0.5, 0.6) is 0 Å². The largest absolute Gasteiger partial charge is 0.381 e. The Morgan fingerprint density at radius 2 is 2.25 bits per heavy atom. The normalized spacial score (nSPS) is 16.7. The van der Waals surface area contributed by atoms with E-state index in [1.54, 1.807) is 11.3 Å². The van der Waals surface area contributed by atoms with Crippen molar-refractivity contribution in [2.24, 2.45) is 0 Å². The molecule has 1 aliphatic heterocycles. The quantitative estimate of drug-likeness (QED) is 0.618. The lowest BCUT2D eigenvalue weighted by molar-refractivity contribution is 0.112. The number of aldehydes is 1. The molecule has 0 bridgehead atoms. The second kappa shape index (κ2) is 3.37. The molecule has 0 saturated heterocycles. The summed E-state index contributed by atoms with van der Waals surface area (Å²) in [5.41, 5.74) is 1.31. The number of carbonyl (C=O) groups excluding carboxylic acids is 1. The Labute approximate surface area is 75.2 Å². The van der Waals surface area contributed by atoms with E-state index in [4.69, 9.17) is 4.74 Å². The highest BCUT2D eigenvalue weighted by atomic mass is 32.1. The van der Waals surface area contributed by atoms with Crippen molar-refractivity contribution in [2.45, 2.75) is 12.8 Å². The molecule has 1 aromatic heterocycles. The van der Waals surface area contributed by atoms with Gasteiger partial charge in [0.25, 0.3) is 0 Å². The highest BCUT2D eigenvalue weighted by Gasteiger charge is 2.11. The van der Waals surface area contributed by atoms with E-state index in [0.717, 1.165) is 37.2 Å². The highest BCUT2D eigenvalue weighted by Crippen LogP contribution is 2.24. The third-order valence-corrected chi connectivity index (χ3v) is 3.18. The molecule has 0 aliphatic carbocycles. The second-order valence-corrected chi connectivity index (χ2v) is 4.00. The summed E-state index contributed by atoms with van der Waals surface area (Å²) in [7, 11) is 0. The van der Waals surface area contributed by atoms with E-state index in [-0.39, 0.29) is 0 Å². The van der Waals surface area contributed by atoms with Crippen LogP contribution in [0.15, 0.2) is 6.07 Å². The van der Waals surface area contributed by atoms with Crippen LogP contribution in [0.25, 0.3) is 0 Å². The first-order valence-corrected chi connectivity index (χ1v) is 4.86. The third kappa shape index (κ3) is 1.42. The minimum Gasteiger partial charge on any atom is -0.381 e. The summed E-state index contributed by atoms with van der Waals surface area (Å²) < 4.78 is 5.33. The fraction of sp³-hybridized carbons (Fsp3) is 0.444. The number of hydrogen-bond donors (Lipinski definition) is 0. The Morgan fingerprint density at radius 3 is 3.08 bits per heavy atom. The third-order valence-electron chi connectivity index (χ3n) is 2.02. The van der Waals surface area contributed by atoms with E-state index in [9.17, 15) is 4.79 Å². The van der Waals surface area contributed by atoms with Crippen molar-refractivity contribution >= 4 is 17.6 Å². The molecule has 0 fully saturated rings. The SMILES string of the molecule is O=Cc1cc2c(s1)CCOCC2. The summed E-state index contributed by atoms with van der Waals surface area (Å²) in [5, 5.41) is 0. The number of carbonyl (C=O) groups is 1. The first kappa shape index (κ1) is 7.95. The van der Waals surface area contributed by atoms with E-state index >= 15 is 0 Å². The molecule has 0 unspecified atom stereocenters. The predicted octanol–water partition coefficient (Wildman–Crippen LogP) is 1.68. The van der Waals surface area contributed by atoms with Crippen LogP contribution in [0.3, 0.4) is 0 Å². The first-order valence-electron chi connectivity index (χ1n) is 4.04. The average Bonchev–Trinajstić information content (AvgIpc) is 2.37. The van der Waals surface area contributed by atoms with Crippen LogP contribution in [0.1, 0.15) is 20.1 Å². The van der Waals surface area contributed by atoms with Crippen LogP contribution >= 0.6 is 11.3 Å². The molecule has 2 nitrogen and oxygen atoms in total. The molecule has 1 aromatic rings. The summed E-state index contributed by atoms with van der Waals surface area (Å²) in [5.74, 6) is 0. The van der Waals surface area contributed by atoms with Crippen LogP contribution in [0.4, 0.5) is 0 Å². The Bertz CT molecular complexity index is 267. The van der Waals surface area contributed by atoms with Gasteiger partial charge in [0.2, 0.25) is 0 Å². The van der Waals surface area contributed by atoms with Gasteiger partial charge in [-0.15, -0.1) is 11.3 Å². The Kier molecular flexibility index (Phi) is 2.23. The number of hydrogen-bond acceptors (Lipinski definition) is 3. The van der Waals surface area contributed by atoms with Gasteiger partial charge in [0.15, 0.2) is 6.29 Å². The van der Waals surface area contributed by atoms with Gasteiger partial charge in [0.05, 0.1) is 18.1 Å². The van der Waals surface area contributed by atoms with E-state index in [2.05, 4.69) is 0 Å². The van der Waals surface area contributed by atoms with Crippen molar-refractivity contribution < 1.29 is 9.53 Å². The number of fused-ring (bicyclic) bond motifs is 1. The Morgan fingerprint density at radius 1 is 1.42 bits per heavy atom. The van der Waals surface area contributed by atoms with Crippen LogP contribution in [0.2, 0.25) is 0 Å². The van der Waals surface area contributed by atoms with Crippen molar-refractivity contribution in [1.82, 2.24) is 0 Å². The van der Waals surface area contributed by atoms with Gasteiger partial charge in [-0.25, -0.2) is 0 Å². The lowest BCUT2D eigenvalue weighted by Crippen LogP contribution is -1.95. The standard InChI is InChI=1S/C9H10O2S/c10-6-8-5-7-1-3-11-4-2-9(7)12-8/h5-6H,1-4H2. The van der Waals surface area contributed by atoms with E-state index in [1.165, 1.54) is 10.4 Å². The molecule has 0 radical (unpaired) electrons. The van der Waals surface area contributed by atoms with Gasteiger partial charge in [-0.05, 0) is 18.1 Å².